The summed E-state index contributed by atoms with van der Waals surface area (Å²) in [5.74, 6) is -0.180. The SMILES string of the molecule is CCCC(CN)NC(=O)c1cc(Br)ccc1Cl. The van der Waals surface area contributed by atoms with Gasteiger partial charge in [-0.2, -0.15) is 0 Å². The van der Waals surface area contributed by atoms with E-state index in [9.17, 15) is 4.79 Å². The predicted molar refractivity (Wildman–Crippen MR) is 74.4 cm³/mol. The van der Waals surface area contributed by atoms with Crippen molar-refractivity contribution in [1.82, 2.24) is 5.32 Å². The Kier molecular flexibility index (Phi) is 5.95. The molecule has 0 aliphatic heterocycles. The Bertz CT molecular complexity index is 398. The van der Waals surface area contributed by atoms with Crippen LogP contribution in [-0.4, -0.2) is 18.5 Å². The molecule has 0 radical (unpaired) electrons. The van der Waals surface area contributed by atoms with E-state index in [1.54, 1.807) is 18.2 Å². The van der Waals surface area contributed by atoms with Crippen LogP contribution in [0.2, 0.25) is 5.02 Å². The van der Waals surface area contributed by atoms with Crippen LogP contribution in [0.25, 0.3) is 0 Å². The highest BCUT2D eigenvalue weighted by Gasteiger charge is 2.14. The van der Waals surface area contributed by atoms with Crippen LogP contribution in [0.15, 0.2) is 22.7 Å². The highest BCUT2D eigenvalue weighted by Crippen LogP contribution is 2.21. The van der Waals surface area contributed by atoms with Gasteiger partial charge in [0.05, 0.1) is 10.6 Å². The molecule has 1 aromatic rings. The van der Waals surface area contributed by atoms with Crippen molar-refractivity contribution < 1.29 is 4.79 Å². The van der Waals surface area contributed by atoms with Crippen LogP contribution in [0, 0.1) is 0 Å². The summed E-state index contributed by atoms with van der Waals surface area (Å²) in [5.41, 5.74) is 6.06. The van der Waals surface area contributed by atoms with Crippen LogP contribution in [0.3, 0.4) is 0 Å². The minimum absolute atomic E-state index is 0.00236. The van der Waals surface area contributed by atoms with Gasteiger partial charge in [0.25, 0.3) is 5.91 Å². The topological polar surface area (TPSA) is 55.1 Å². The Labute approximate surface area is 115 Å². The van der Waals surface area contributed by atoms with E-state index < -0.39 is 0 Å². The molecule has 0 saturated heterocycles. The lowest BCUT2D eigenvalue weighted by Gasteiger charge is -2.16. The Morgan fingerprint density at radius 2 is 2.29 bits per heavy atom. The van der Waals surface area contributed by atoms with E-state index in [2.05, 4.69) is 28.2 Å². The predicted octanol–water partition coefficient (Wildman–Crippen LogP) is 2.96. The molecule has 3 nitrogen and oxygen atoms in total. The van der Waals surface area contributed by atoms with Crippen LogP contribution in [-0.2, 0) is 0 Å². The van der Waals surface area contributed by atoms with Gasteiger partial charge in [-0.3, -0.25) is 4.79 Å². The molecule has 1 aromatic carbocycles. The number of hydrogen-bond donors (Lipinski definition) is 2. The summed E-state index contributed by atoms with van der Waals surface area (Å²) in [4.78, 5) is 12.0. The fourth-order valence-corrected chi connectivity index (χ4v) is 2.10. The smallest absolute Gasteiger partial charge is 0.253 e. The number of rotatable bonds is 5. The maximum absolute atomic E-state index is 12.0. The molecule has 0 aliphatic carbocycles. The zero-order chi connectivity index (χ0) is 12.8. The van der Waals surface area contributed by atoms with E-state index in [0.717, 1.165) is 17.3 Å². The van der Waals surface area contributed by atoms with Crippen LogP contribution >= 0.6 is 27.5 Å². The number of amides is 1. The van der Waals surface area contributed by atoms with Crippen molar-refractivity contribution in [2.75, 3.05) is 6.54 Å². The number of halogens is 2. The van der Waals surface area contributed by atoms with Crippen molar-refractivity contribution in [1.29, 1.82) is 0 Å². The van der Waals surface area contributed by atoms with E-state index in [0.29, 0.717) is 17.1 Å². The maximum Gasteiger partial charge on any atom is 0.253 e. The summed E-state index contributed by atoms with van der Waals surface area (Å²) in [5, 5.41) is 3.33. The number of hydrogen-bond acceptors (Lipinski definition) is 2. The molecule has 5 heteroatoms. The van der Waals surface area contributed by atoms with Gasteiger partial charge in [0.15, 0.2) is 0 Å². The molecule has 0 aliphatic rings. The van der Waals surface area contributed by atoms with Crippen molar-refractivity contribution in [3.8, 4) is 0 Å². The molecule has 3 N–H and O–H groups in total. The third-order valence-corrected chi connectivity index (χ3v) is 3.25. The second-order valence-corrected chi connectivity index (χ2v) is 5.14. The monoisotopic (exact) mass is 318 g/mol. The zero-order valence-electron chi connectivity index (χ0n) is 9.67. The van der Waals surface area contributed by atoms with Gasteiger partial charge in [0.2, 0.25) is 0 Å². The Balaban J connectivity index is 2.78. The van der Waals surface area contributed by atoms with E-state index in [4.69, 9.17) is 17.3 Å². The molecule has 0 aromatic heterocycles. The van der Waals surface area contributed by atoms with Gasteiger partial charge in [-0.25, -0.2) is 0 Å². The highest BCUT2D eigenvalue weighted by atomic mass is 79.9. The van der Waals surface area contributed by atoms with Gasteiger partial charge in [-0.15, -0.1) is 0 Å². The second-order valence-electron chi connectivity index (χ2n) is 3.82. The molecule has 1 atom stereocenters. The number of nitrogens with one attached hydrogen (secondary N) is 1. The van der Waals surface area contributed by atoms with Crippen molar-refractivity contribution in [3.05, 3.63) is 33.3 Å². The Morgan fingerprint density at radius 3 is 2.88 bits per heavy atom. The molecule has 0 fully saturated rings. The first-order chi connectivity index (χ1) is 8.08. The van der Waals surface area contributed by atoms with Gasteiger partial charge in [0.1, 0.15) is 0 Å². The third kappa shape index (κ3) is 4.30. The molecular weight excluding hydrogens is 304 g/mol. The minimum atomic E-state index is -0.180. The third-order valence-electron chi connectivity index (χ3n) is 2.43. The lowest BCUT2D eigenvalue weighted by atomic mass is 10.1. The molecule has 17 heavy (non-hydrogen) atoms. The molecule has 0 saturated carbocycles. The summed E-state index contributed by atoms with van der Waals surface area (Å²) in [6, 6.07) is 5.20. The molecule has 0 heterocycles. The summed E-state index contributed by atoms with van der Waals surface area (Å²) in [6.07, 6.45) is 1.85. The molecule has 0 bridgehead atoms. The van der Waals surface area contributed by atoms with Crippen LogP contribution in [0.1, 0.15) is 30.1 Å². The van der Waals surface area contributed by atoms with Gasteiger partial charge in [0, 0.05) is 17.1 Å². The summed E-state index contributed by atoms with van der Waals surface area (Å²) in [7, 11) is 0. The van der Waals surface area contributed by atoms with Crippen molar-refractivity contribution >= 4 is 33.4 Å². The Morgan fingerprint density at radius 1 is 1.59 bits per heavy atom. The van der Waals surface area contributed by atoms with Crippen molar-refractivity contribution in [2.45, 2.75) is 25.8 Å². The first-order valence-electron chi connectivity index (χ1n) is 5.54. The fourth-order valence-electron chi connectivity index (χ4n) is 1.53. The number of benzene rings is 1. The molecule has 1 rings (SSSR count). The lowest BCUT2D eigenvalue weighted by Crippen LogP contribution is -2.40. The number of carbonyl (C=O) groups is 1. The standard InChI is InChI=1S/C12H16BrClN2O/c1-2-3-9(7-15)16-12(17)10-6-8(13)4-5-11(10)14/h4-6,9H,2-3,7,15H2,1H3,(H,16,17). The largest absolute Gasteiger partial charge is 0.348 e. The zero-order valence-corrected chi connectivity index (χ0v) is 12.0. The number of nitrogens with two attached hydrogens (primary N) is 1. The van der Waals surface area contributed by atoms with Crippen molar-refractivity contribution in [2.24, 2.45) is 5.73 Å². The lowest BCUT2D eigenvalue weighted by molar-refractivity contribution is 0.0936. The fraction of sp³-hybridized carbons (Fsp3) is 0.417. The average molecular weight is 320 g/mol. The molecule has 0 spiro atoms. The quantitative estimate of drug-likeness (QED) is 0.876. The maximum atomic E-state index is 12.0. The second kappa shape index (κ2) is 6.99. The Hall–Kier alpha value is -0.580. The van der Waals surface area contributed by atoms with Gasteiger partial charge in [-0.1, -0.05) is 40.9 Å². The summed E-state index contributed by atoms with van der Waals surface area (Å²) >= 11 is 9.30. The van der Waals surface area contributed by atoms with E-state index in [-0.39, 0.29) is 11.9 Å². The molecule has 1 unspecified atom stereocenters. The highest BCUT2D eigenvalue weighted by molar-refractivity contribution is 9.10. The van der Waals surface area contributed by atoms with Crippen LogP contribution in [0.4, 0.5) is 0 Å². The van der Waals surface area contributed by atoms with E-state index in [1.165, 1.54) is 0 Å². The minimum Gasteiger partial charge on any atom is -0.348 e. The number of carbonyl (C=O) groups excluding carboxylic acids is 1. The first-order valence-corrected chi connectivity index (χ1v) is 6.71. The van der Waals surface area contributed by atoms with Gasteiger partial charge in [-0.05, 0) is 24.6 Å². The molecule has 1 amide bonds. The average Bonchev–Trinajstić information content (AvgIpc) is 2.31. The van der Waals surface area contributed by atoms with E-state index in [1.807, 2.05) is 0 Å². The van der Waals surface area contributed by atoms with Gasteiger partial charge < -0.3 is 11.1 Å². The normalized spacial score (nSPS) is 12.2. The van der Waals surface area contributed by atoms with Crippen LogP contribution < -0.4 is 11.1 Å². The van der Waals surface area contributed by atoms with Crippen LogP contribution in [0.5, 0.6) is 0 Å². The van der Waals surface area contributed by atoms with Gasteiger partial charge >= 0.3 is 0 Å². The first kappa shape index (κ1) is 14.5. The molecule has 94 valence electrons. The summed E-state index contributed by atoms with van der Waals surface area (Å²) in [6.45, 7) is 2.49. The van der Waals surface area contributed by atoms with Crippen molar-refractivity contribution in [3.63, 3.8) is 0 Å². The summed E-state index contributed by atoms with van der Waals surface area (Å²) < 4.78 is 0.826. The molecular formula is C12H16BrClN2O. The van der Waals surface area contributed by atoms with E-state index >= 15 is 0 Å².